The fourth-order valence-electron chi connectivity index (χ4n) is 0. The van der Waals surface area contributed by atoms with Gasteiger partial charge in [0, 0.05) is 21.1 Å². The van der Waals surface area contributed by atoms with Crippen molar-refractivity contribution in [3.63, 3.8) is 0 Å². The second-order valence-corrected chi connectivity index (χ2v) is 0. The van der Waals surface area contributed by atoms with Crippen molar-refractivity contribution in [2.75, 3.05) is 0 Å². The van der Waals surface area contributed by atoms with Gasteiger partial charge in [-0.25, -0.2) is 0 Å². The van der Waals surface area contributed by atoms with Crippen molar-refractivity contribution in [3.8, 4) is 0 Å². The second-order valence-electron chi connectivity index (χ2n) is 0. The molecule has 0 aromatic rings. The Labute approximate surface area is 101 Å². The maximum Gasteiger partial charge on any atom is 1.00 e. The summed E-state index contributed by atoms with van der Waals surface area (Å²) in [6.07, 6.45) is 0. The van der Waals surface area contributed by atoms with E-state index >= 15 is 0 Å². The molecule has 0 aliphatic carbocycles. The van der Waals surface area contributed by atoms with Crippen LogP contribution in [0.15, 0.2) is 0 Å². The van der Waals surface area contributed by atoms with Crippen molar-refractivity contribution in [1.82, 2.24) is 0 Å². The maximum atomic E-state index is 0. The first-order valence-electron chi connectivity index (χ1n) is 0. The summed E-state index contributed by atoms with van der Waals surface area (Å²) in [6.45, 7) is 0. The third-order valence-electron chi connectivity index (χ3n) is 0. The van der Waals surface area contributed by atoms with Gasteiger partial charge in [-0.2, -0.15) is 0 Å². The van der Waals surface area contributed by atoms with Crippen LogP contribution in [0.1, 0.15) is 0 Å². The minimum absolute atomic E-state index is 0. The quantitative estimate of drug-likeness (QED) is 0.413. The minimum Gasteiger partial charge on any atom is -2.00 e. The molecule has 0 radical (unpaired) electrons. The predicted octanol–water partition coefficient (Wildman–Crippen LogP) is -6.59. The number of hydrogen-bond donors (Lipinski definition) is 0. The smallest absolute Gasteiger partial charge is 1.00 e. The minimum atomic E-state index is 0. The van der Waals surface area contributed by atoms with Crippen molar-refractivity contribution < 1.29 is 102 Å². The summed E-state index contributed by atoms with van der Waals surface area (Å²) in [6, 6.07) is 0. The Morgan fingerprint density at radius 1 is 0.571 bits per heavy atom. The van der Waals surface area contributed by atoms with Crippen LogP contribution in [-0.4, -0.2) is 11.0 Å². The van der Waals surface area contributed by atoms with Gasteiger partial charge >= 0.3 is 59.1 Å². The summed E-state index contributed by atoms with van der Waals surface area (Å²) in [5.41, 5.74) is 0. The molecule has 0 fully saturated rings. The average Bonchev–Trinajstić information content (AvgIpc) is 0. The van der Waals surface area contributed by atoms with E-state index in [-0.39, 0.29) is 102 Å². The van der Waals surface area contributed by atoms with Gasteiger partial charge in [0.05, 0.1) is 0 Å². The van der Waals surface area contributed by atoms with E-state index in [0.29, 0.717) is 0 Å². The first kappa shape index (κ1) is 108. The van der Waals surface area contributed by atoms with Gasteiger partial charge in [0.25, 0.3) is 0 Å². The van der Waals surface area contributed by atoms with Gasteiger partial charge in [-0.05, 0) is 0 Å². The molecular weight excluding hydrogens is 294 g/mol. The monoisotopic (exact) mass is 296 g/mol. The van der Waals surface area contributed by atoms with E-state index in [1.54, 1.807) is 0 Å². The Morgan fingerprint density at radius 3 is 0.571 bits per heavy atom. The Hall–Kier alpha value is 2.53. The van der Waals surface area contributed by atoms with E-state index in [1.807, 2.05) is 0 Å². The summed E-state index contributed by atoms with van der Waals surface area (Å²) < 4.78 is 0. The zero-order chi connectivity index (χ0) is 0. The van der Waals surface area contributed by atoms with Crippen molar-refractivity contribution in [1.29, 1.82) is 0 Å². The van der Waals surface area contributed by atoms with Gasteiger partial charge in [-0.3, -0.25) is 0 Å². The first-order valence-corrected chi connectivity index (χ1v) is 0. The molecule has 0 bridgehead atoms. The molecule has 0 aromatic heterocycles. The van der Waals surface area contributed by atoms with Gasteiger partial charge < -0.3 is 21.9 Å². The molecule has 0 atom stereocenters. The molecule has 38 valence electrons. The second kappa shape index (κ2) is 75.6. The van der Waals surface area contributed by atoms with Crippen LogP contribution < -0.4 is 59.1 Å². The van der Waals surface area contributed by atoms with Gasteiger partial charge in [0.1, 0.15) is 0 Å². The maximum absolute atomic E-state index is 0. The molecule has 2 N–H and O–H groups in total. The molecule has 0 rings (SSSR count). The Kier molecular flexibility index (Phi) is 1170. The van der Waals surface area contributed by atoms with Gasteiger partial charge in [0.15, 0.2) is 0 Å². The Balaban J connectivity index is 0. The molecule has 4 nitrogen and oxygen atoms in total. The van der Waals surface area contributed by atoms with Crippen LogP contribution in [0.25, 0.3) is 0 Å². The molecule has 0 aromatic carbocycles. The summed E-state index contributed by atoms with van der Waals surface area (Å²) in [5.74, 6) is 0. The Morgan fingerprint density at radius 2 is 0.571 bits per heavy atom. The molecule has 0 saturated heterocycles. The van der Waals surface area contributed by atoms with E-state index in [2.05, 4.69) is 0 Å². The van der Waals surface area contributed by atoms with Crippen LogP contribution in [0.4, 0.5) is 0 Å². The van der Waals surface area contributed by atoms with Crippen molar-refractivity contribution in [2.45, 2.75) is 0 Å². The number of rotatable bonds is 0. The Bertz CT molecular complexity index is 9.65. The molecular formula is H2Na2O4W-4. The molecule has 0 aliphatic heterocycles. The number of hydrogen-bond acceptors (Lipinski definition) is 2. The van der Waals surface area contributed by atoms with Crippen LogP contribution in [0, 0.1) is 0 Å². The van der Waals surface area contributed by atoms with Gasteiger partial charge in [-0.1, -0.05) is 0 Å². The van der Waals surface area contributed by atoms with Crippen LogP contribution >= 0.6 is 0 Å². The van der Waals surface area contributed by atoms with Crippen LogP contribution in [-0.2, 0) is 32.0 Å². The standard InChI is InChI=1S/2Na.2H2O.2O.W/h;;2*1H2;;;/q2*+1;;;2*-2;/p-2. The topological polar surface area (TPSA) is 117 Å². The molecule has 7 heteroatoms. The zero-order valence-corrected chi connectivity index (χ0v) is 11.1. The third kappa shape index (κ3) is 56.9. The summed E-state index contributed by atoms with van der Waals surface area (Å²) >= 11 is 0. The van der Waals surface area contributed by atoms with Crippen molar-refractivity contribution in [3.05, 3.63) is 0 Å². The van der Waals surface area contributed by atoms with E-state index in [1.165, 1.54) is 0 Å². The fraction of sp³-hybridized carbons (Fsp3) is 0. The van der Waals surface area contributed by atoms with Crippen molar-refractivity contribution >= 4 is 0 Å². The molecule has 0 spiro atoms. The van der Waals surface area contributed by atoms with Crippen LogP contribution in [0.5, 0.6) is 0 Å². The van der Waals surface area contributed by atoms with Gasteiger partial charge in [-0.15, -0.1) is 0 Å². The van der Waals surface area contributed by atoms with E-state index in [9.17, 15) is 0 Å². The largest absolute Gasteiger partial charge is 2.00 e. The van der Waals surface area contributed by atoms with Crippen LogP contribution in [0.2, 0.25) is 0 Å². The van der Waals surface area contributed by atoms with Crippen molar-refractivity contribution in [2.24, 2.45) is 0 Å². The van der Waals surface area contributed by atoms with Gasteiger partial charge in [0.2, 0.25) is 0 Å². The first-order chi connectivity index (χ1) is 0. The fourth-order valence-corrected chi connectivity index (χ4v) is 0. The SMILES string of the molecule is [Na+].[Na+].[O-2].[O-2].[OH-].[OH-].[W]. The van der Waals surface area contributed by atoms with E-state index in [0.717, 1.165) is 0 Å². The molecule has 0 saturated carbocycles. The normalized spacial score (nSPS) is 0. The summed E-state index contributed by atoms with van der Waals surface area (Å²) in [4.78, 5) is 0. The summed E-state index contributed by atoms with van der Waals surface area (Å²) in [5, 5.41) is 0. The molecule has 0 unspecified atom stereocenters. The third-order valence-corrected chi connectivity index (χ3v) is 0. The average molecular weight is 296 g/mol. The molecule has 0 aliphatic rings. The zero-order valence-electron chi connectivity index (χ0n) is 4.12. The van der Waals surface area contributed by atoms with Crippen LogP contribution in [0.3, 0.4) is 0 Å². The predicted molar refractivity (Wildman–Crippen MR) is 5.24 cm³/mol. The molecule has 0 heterocycles. The molecule has 0 amide bonds. The van der Waals surface area contributed by atoms with E-state index < -0.39 is 0 Å². The molecule has 7 heavy (non-hydrogen) atoms. The van der Waals surface area contributed by atoms with E-state index in [4.69, 9.17) is 0 Å². The summed E-state index contributed by atoms with van der Waals surface area (Å²) in [7, 11) is 0.